The molecule has 1 N–H and O–H groups in total. The number of nitrogens with zero attached hydrogens (tertiary/aromatic N) is 2. The van der Waals surface area contributed by atoms with Crippen molar-refractivity contribution < 1.29 is 14.3 Å². The van der Waals surface area contributed by atoms with Crippen molar-refractivity contribution in [1.29, 1.82) is 0 Å². The summed E-state index contributed by atoms with van der Waals surface area (Å²) in [7, 11) is 3.03. The van der Waals surface area contributed by atoms with E-state index in [9.17, 15) is 4.79 Å². The maximum absolute atomic E-state index is 12.7. The molecule has 1 aromatic carbocycles. The Labute approximate surface area is 152 Å². The van der Waals surface area contributed by atoms with Crippen molar-refractivity contribution in [2.24, 2.45) is 5.92 Å². The zero-order valence-corrected chi connectivity index (χ0v) is 16.4. The van der Waals surface area contributed by atoms with Crippen molar-refractivity contribution in [1.82, 2.24) is 10.2 Å². The second-order valence-corrected chi connectivity index (χ2v) is 7.86. The van der Waals surface area contributed by atoms with Gasteiger partial charge in [0, 0.05) is 5.41 Å². The summed E-state index contributed by atoms with van der Waals surface area (Å²) in [5.74, 6) is 1.11. The first-order chi connectivity index (χ1) is 11.8. The standard InChI is InChI=1S/C18H25N3O3S/c1-11(2)10-18(3,4)16-20-21-17(25-16)19-15(22)14-12(23-5)8-7-9-13(14)24-6/h7-9,11H,10H2,1-6H3,(H,19,21,22). The van der Waals surface area contributed by atoms with Gasteiger partial charge in [-0.2, -0.15) is 0 Å². The zero-order chi connectivity index (χ0) is 18.6. The van der Waals surface area contributed by atoms with Crippen LogP contribution in [0.2, 0.25) is 0 Å². The number of carbonyl (C=O) groups is 1. The molecule has 2 rings (SSSR count). The molecule has 0 fully saturated rings. The molecule has 7 heteroatoms. The third-order valence-corrected chi connectivity index (χ3v) is 5.00. The van der Waals surface area contributed by atoms with Gasteiger partial charge in [0.05, 0.1) is 14.2 Å². The highest BCUT2D eigenvalue weighted by Crippen LogP contribution is 2.34. The van der Waals surface area contributed by atoms with Gasteiger partial charge in [-0.25, -0.2) is 0 Å². The Kier molecular flexibility index (Phi) is 6.00. The molecule has 6 nitrogen and oxygen atoms in total. The molecule has 0 aliphatic rings. The van der Waals surface area contributed by atoms with Crippen molar-refractivity contribution >= 4 is 22.4 Å². The van der Waals surface area contributed by atoms with Gasteiger partial charge in [-0.1, -0.05) is 45.1 Å². The van der Waals surface area contributed by atoms with E-state index in [1.165, 1.54) is 25.6 Å². The van der Waals surface area contributed by atoms with Crippen LogP contribution in [0.5, 0.6) is 11.5 Å². The molecule has 1 amide bonds. The summed E-state index contributed by atoms with van der Waals surface area (Å²) in [6.45, 7) is 8.64. The summed E-state index contributed by atoms with van der Waals surface area (Å²) in [4.78, 5) is 12.7. The summed E-state index contributed by atoms with van der Waals surface area (Å²) >= 11 is 1.40. The maximum Gasteiger partial charge on any atom is 0.265 e. The SMILES string of the molecule is COc1cccc(OC)c1C(=O)Nc1nnc(C(C)(C)CC(C)C)s1. The average Bonchev–Trinajstić information content (AvgIpc) is 3.02. The Morgan fingerprint density at radius 3 is 2.32 bits per heavy atom. The smallest absolute Gasteiger partial charge is 0.265 e. The van der Waals surface area contributed by atoms with E-state index < -0.39 is 0 Å². The van der Waals surface area contributed by atoms with Gasteiger partial charge in [0.2, 0.25) is 5.13 Å². The molecule has 0 aliphatic carbocycles. The fourth-order valence-electron chi connectivity index (χ4n) is 2.89. The first kappa shape index (κ1) is 19.2. The summed E-state index contributed by atoms with van der Waals surface area (Å²) in [5.41, 5.74) is 0.252. The molecule has 136 valence electrons. The van der Waals surface area contributed by atoms with E-state index in [1.54, 1.807) is 18.2 Å². The first-order valence-electron chi connectivity index (χ1n) is 8.14. The predicted octanol–water partition coefficient (Wildman–Crippen LogP) is 4.13. The molecule has 2 aromatic rings. The number of hydrogen-bond donors (Lipinski definition) is 1. The van der Waals surface area contributed by atoms with Crippen LogP contribution < -0.4 is 14.8 Å². The third-order valence-electron chi connectivity index (χ3n) is 3.80. The molecule has 0 aliphatic heterocycles. The van der Waals surface area contributed by atoms with Crippen LogP contribution in [0.4, 0.5) is 5.13 Å². The molecular formula is C18H25N3O3S. The number of benzene rings is 1. The molecule has 1 aromatic heterocycles. The van der Waals surface area contributed by atoms with Gasteiger partial charge in [-0.15, -0.1) is 10.2 Å². The van der Waals surface area contributed by atoms with Gasteiger partial charge in [-0.05, 0) is 24.5 Å². The van der Waals surface area contributed by atoms with Crippen molar-refractivity contribution in [3.05, 3.63) is 28.8 Å². The zero-order valence-electron chi connectivity index (χ0n) is 15.5. The van der Waals surface area contributed by atoms with Crippen LogP contribution in [-0.2, 0) is 5.41 Å². The molecule has 0 saturated heterocycles. The third kappa shape index (κ3) is 4.48. The van der Waals surface area contributed by atoms with Crippen LogP contribution in [0.3, 0.4) is 0 Å². The minimum absolute atomic E-state index is 0.0864. The number of methoxy groups -OCH3 is 2. The molecule has 0 unspecified atom stereocenters. The monoisotopic (exact) mass is 363 g/mol. The highest BCUT2D eigenvalue weighted by Gasteiger charge is 2.27. The number of anilines is 1. The molecule has 25 heavy (non-hydrogen) atoms. The second-order valence-electron chi connectivity index (χ2n) is 6.89. The first-order valence-corrected chi connectivity index (χ1v) is 8.96. The molecule has 0 bridgehead atoms. The number of ether oxygens (including phenoxy) is 2. The van der Waals surface area contributed by atoms with Gasteiger partial charge in [-0.3, -0.25) is 10.1 Å². The van der Waals surface area contributed by atoms with Crippen LogP contribution in [-0.4, -0.2) is 30.3 Å². The van der Waals surface area contributed by atoms with Crippen LogP contribution in [0, 0.1) is 5.92 Å². The van der Waals surface area contributed by atoms with Crippen LogP contribution in [0.15, 0.2) is 18.2 Å². The van der Waals surface area contributed by atoms with Gasteiger partial charge < -0.3 is 9.47 Å². The van der Waals surface area contributed by atoms with Crippen LogP contribution in [0.1, 0.15) is 49.5 Å². The van der Waals surface area contributed by atoms with Crippen LogP contribution in [0.25, 0.3) is 0 Å². The highest BCUT2D eigenvalue weighted by molar-refractivity contribution is 7.15. The quantitative estimate of drug-likeness (QED) is 0.800. The van der Waals surface area contributed by atoms with Crippen LogP contribution >= 0.6 is 11.3 Å². The molecule has 0 saturated carbocycles. The van der Waals surface area contributed by atoms with Crippen molar-refractivity contribution in [3.8, 4) is 11.5 Å². The van der Waals surface area contributed by atoms with E-state index in [4.69, 9.17) is 9.47 Å². The molecular weight excluding hydrogens is 338 g/mol. The number of hydrogen-bond acceptors (Lipinski definition) is 6. The lowest BCUT2D eigenvalue weighted by atomic mass is 9.85. The van der Waals surface area contributed by atoms with E-state index >= 15 is 0 Å². The molecule has 0 spiro atoms. The number of amides is 1. The summed E-state index contributed by atoms with van der Waals surface area (Å²) in [6, 6.07) is 5.20. The largest absolute Gasteiger partial charge is 0.496 e. The van der Waals surface area contributed by atoms with Crippen molar-refractivity contribution in [2.45, 2.75) is 39.5 Å². The lowest BCUT2D eigenvalue weighted by Crippen LogP contribution is -2.19. The van der Waals surface area contributed by atoms with Crippen molar-refractivity contribution in [3.63, 3.8) is 0 Å². The van der Waals surface area contributed by atoms with Gasteiger partial charge in [0.1, 0.15) is 22.1 Å². The number of nitrogens with one attached hydrogen (secondary N) is 1. The Morgan fingerprint density at radius 2 is 1.80 bits per heavy atom. The fraction of sp³-hybridized carbons (Fsp3) is 0.500. The van der Waals surface area contributed by atoms with Crippen molar-refractivity contribution in [2.75, 3.05) is 19.5 Å². The Hall–Kier alpha value is -2.15. The number of carbonyl (C=O) groups excluding carboxylic acids is 1. The van der Waals surface area contributed by atoms with Gasteiger partial charge in [0.15, 0.2) is 0 Å². The minimum atomic E-state index is -0.335. The van der Waals surface area contributed by atoms with Gasteiger partial charge in [0.25, 0.3) is 5.91 Å². The Morgan fingerprint density at radius 1 is 1.20 bits per heavy atom. The number of aromatic nitrogens is 2. The normalized spacial score (nSPS) is 11.5. The maximum atomic E-state index is 12.7. The lowest BCUT2D eigenvalue weighted by molar-refractivity contribution is 0.102. The van der Waals surface area contributed by atoms with E-state index in [2.05, 4.69) is 43.2 Å². The highest BCUT2D eigenvalue weighted by atomic mass is 32.1. The summed E-state index contributed by atoms with van der Waals surface area (Å²) < 4.78 is 10.6. The van der Waals surface area contributed by atoms with Gasteiger partial charge >= 0.3 is 0 Å². The predicted molar refractivity (Wildman–Crippen MR) is 99.9 cm³/mol. The second kappa shape index (κ2) is 7.82. The Bertz CT molecular complexity index is 719. The summed E-state index contributed by atoms with van der Waals surface area (Å²) in [6.07, 6.45) is 0.996. The average molecular weight is 363 g/mol. The van der Waals surface area contributed by atoms with E-state index in [0.717, 1.165) is 11.4 Å². The lowest BCUT2D eigenvalue weighted by Gasteiger charge is -2.23. The fourth-order valence-corrected chi connectivity index (χ4v) is 3.74. The van der Waals surface area contributed by atoms with E-state index in [0.29, 0.717) is 28.1 Å². The number of rotatable bonds is 7. The summed E-state index contributed by atoms with van der Waals surface area (Å²) in [5, 5.41) is 12.6. The molecule has 0 radical (unpaired) electrons. The van der Waals surface area contributed by atoms with E-state index in [1.807, 2.05) is 0 Å². The minimum Gasteiger partial charge on any atom is -0.496 e. The molecule has 0 atom stereocenters. The topological polar surface area (TPSA) is 73.3 Å². The molecule has 1 heterocycles. The Balaban J connectivity index is 2.23. The van der Waals surface area contributed by atoms with E-state index in [-0.39, 0.29) is 11.3 Å².